The number of rotatable bonds is 3. The summed E-state index contributed by atoms with van der Waals surface area (Å²) in [6.07, 6.45) is 0. The van der Waals surface area contributed by atoms with Crippen LogP contribution in [0.15, 0.2) is 0 Å². The largest absolute Gasteiger partial charge is 0.479 e. The third kappa shape index (κ3) is 1.59. The minimum Gasteiger partial charge on any atom is -0.479 e. The van der Waals surface area contributed by atoms with Gasteiger partial charge >= 0.3 is 17.9 Å². The average Bonchev–Trinajstić information content (AvgIpc) is 1.86. The van der Waals surface area contributed by atoms with Gasteiger partial charge in [0, 0.05) is 0 Å². The highest BCUT2D eigenvalue weighted by molar-refractivity contribution is 6.59. The van der Waals surface area contributed by atoms with Gasteiger partial charge in [0.25, 0.3) is 4.33 Å². The maximum atomic E-state index is 12.3. The zero-order valence-corrected chi connectivity index (χ0v) is 6.73. The summed E-state index contributed by atoms with van der Waals surface area (Å²) < 4.78 is 21.0. The second-order valence-corrected chi connectivity index (χ2v) is 3.09. The molecule has 0 saturated carbocycles. The fourth-order valence-corrected chi connectivity index (χ4v) is 0.430. The van der Waals surface area contributed by atoms with E-state index in [1.54, 1.807) is 0 Å². The van der Waals surface area contributed by atoms with Crippen LogP contribution in [0.2, 0.25) is 0 Å². The van der Waals surface area contributed by atoms with Crippen molar-refractivity contribution in [3.8, 4) is 0 Å². The van der Waals surface area contributed by atoms with Gasteiger partial charge in [-0.1, -0.05) is 23.2 Å². The fourth-order valence-electron chi connectivity index (χ4n) is 0.269. The summed E-state index contributed by atoms with van der Waals surface area (Å²) in [6.45, 7) is 0. The first-order valence-electron chi connectivity index (χ1n) is 2.36. The van der Waals surface area contributed by atoms with Crippen molar-refractivity contribution in [2.24, 2.45) is 0 Å². The molecule has 0 saturated heterocycles. The van der Waals surface area contributed by atoms with E-state index in [9.17, 15) is 18.4 Å². The Kier molecular flexibility index (Phi) is 2.87. The second kappa shape index (κ2) is 3.02. The number of carboxylic acid groups (broad SMARTS) is 2. The molecule has 0 aromatic carbocycles. The van der Waals surface area contributed by atoms with Gasteiger partial charge < -0.3 is 10.2 Å². The van der Waals surface area contributed by atoms with Crippen LogP contribution >= 0.6 is 23.2 Å². The third-order valence-electron chi connectivity index (χ3n) is 0.932. The number of hydrogen-bond donors (Lipinski definition) is 2. The minimum absolute atomic E-state index is 2.32. The summed E-state index contributed by atoms with van der Waals surface area (Å²) in [4.78, 5) is 19.8. The van der Waals surface area contributed by atoms with Crippen LogP contribution in [-0.2, 0) is 9.59 Å². The van der Waals surface area contributed by atoms with E-state index in [-0.39, 0.29) is 0 Å². The molecule has 4 nitrogen and oxygen atoms in total. The maximum Gasteiger partial charge on any atom is 0.385 e. The predicted octanol–water partition coefficient (Wildman–Crippen LogP) is 0.965. The average molecular weight is 223 g/mol. The van der Waals surface area contributed by atoms with Gasteiger partial charge in [0.05, 0.1) is 0 Å². The molecule has 0 atom stereocenters. The van der Waals surface area contributed by atoms with Crippen molar-refractivity contribution >= 4 is 35.1 Å². The van der Waals surface area contributed by atoms with Crippen molar-refractivity contribution in [1.82, 2.24) is 0 Å². The molecule has 2 N–H and O–H groups in total. The van der Waals surface area contributed by atoms with Gasteiger partial charge in [-0.15, -0.1) is 0 Å². The van der Waals surface area contributed by atoms with Gasteiger partial charge in [0.2, 0.25) is 0 Å². The number of carbonyl (C=O) groups is 2. The molecule has 0 rings (SSSR count). The first kappa shape index (κ1) is 11.4. The monoisotopic (exact) mass is 222 g/mol. The van der Waals surface area contributed by atoms with E-state index in [4.69, 9.17) is 10.2 Å². The van der Waals surface area contributed by atoms with E-state index in [1.807, 2.05) is 0 Å². The molecule has 0 fully saturated rings. The van der Waals surface area contributed by atoms with E-state index in [0.717, 1.165) is 0 Å². The number of carboxylic acids is 2. The minimum atomic E-state index is -4.73. The first-order chi connectivity index (χ1) is 5.14. The smallest absolute Gasteiger partial charge is 0.385 e. The Morgan fingerprint density at radius 3 is 1.50 bits per heavy atom. The normalized spacial score (nSPS) is 12.7. The Morgan fingerprint density at radius 2 is 1.42 bits per heavy atom. The van der Waals surface area contributed by atoms with Crippen molar-refractivity contribution < 1.29 is 28.6 Å². The Morgan fingerprint density at radius 1 is 1.08 bits per heavy atom. The van der Waals surface area contributed by atoms with Gasteiger partial charge in [-0.25, -0.2) is 9.59 Å². The molecule has 0 aliphatic heterocycles. The molecule has 0 aliphatic carbocycles. The molecule has 8 heteroatoms. The zero-order chi connectivity index (χ0) is 10.2. The van der Waals surface area contributed by atoms with Crippen LogP contribution in [-0.4, -0.2) is 32.4 Å². The van der Waals surface area contributed by atoms with Gasteiger partial charge in [0.1, 0.15) is 0 Å². The summed E-state index contributed by atoms with van der Waals surface area (Å²) in [5, 5.41) is 15.9. The van der Waals surface area contributed by atoms with Crippen molar-refractivity contribution in [3.63, 3.8) is 0 Å². The lowest BCUT2D eigenvalue weighted by Gasteiger charge is -2.21. The summed E-state index contributed by atoms with van der Waals surface area (Å²) in [6, 6.07) is 0. The van der Waals surface area contributed by atoms with Crippen molar-refractivity contribution in [2.45, 2.75) is 10.3 Å². The van der Waals surface area contributed by atoms with Crippen LogP contribution < -0.4 is 0 Å². The summed E-state index contributed by atoms with van der Waals surface area (Å²) in [5.74, 6) is -9.75. The van der Waals surface area contributed by atoms with Crippen LogP contribution in [0.25, 0.3) is 0 Å². The van der Waals surface area contributed by atoms with Crippen LogP contribution in [0.1, 0.15) is 0 Å². The second-order valence-electron chi connectivity index (χ2n) is 1.76. The van der Waals surface area contributed by atoms with Crippen LogP contribution in [0.3, 0.4) is 0 Å². The fraction of sp³-hybridized carbons (Fsp3) is 0.500. The van der Waals surface area contributed by atoms with Crippen molar-refractivity contribution in [1.29, 1.82) is 0 Å². The van der Waals surface area contributed by atoms with Gasteiger partial charge in [-0.2, -0.15) is 8.78 Å². The third-order valence-corrected chi connectivity index (χ3v) is 1.73. The van der Waals surface area contributed by atoms with Gasteiger partial charge in [0.15, 0.2) is 0 Å². The van der Waals surface area contributed by atoms with Crippen LogP contribution in [0.4, 0.5) is 8.78 Å². The quantitative estimate of drug-likeness (QED) is 0.698. The molecule has 0 aromatic heterocycles. The van der Waals surface area contributed by atoms with Crippen molar-refractivity contribution in [3.05, 3.63) is 0 Å². The van der Waals surface area contributed by atoms with Crippen LogP contribution in [0.5, 0.6) is 0 Å². The topological polar surface area (TPSA) is 74.6 Å². The molecular formula is C4H2Cl2F2O4. The SMILES string of the molecule is O=C(O)C(F)(F)C(Cl)(Cl)C(=O)O. The number of aliphatic carboxylic acids is 2. The van der Waals surface area contributed by atoms with Crippen molar-refractivity contribution in [2.75, 3.05) is 0 Å². The first-order valence-corrected chi connectivity index (χ1v) is 3.12. The zero-order valence-electron chi connectivity index (χ0n) is 5.22. The van der Waals surface area contributed by atoms with Gasteiger partial charge in [-0.3, -0.25) is 0 Å². The lowest BCUT2D eigenvalue weighted by molar-refractivity contribution is -0.173. The lowest BCUT2D eigenvalue weighted by Crippen LogP contribution is -2.50. The summed E-state index contributed by atoms with van der Waals surface area (Å²) in [7, 11) is 0. The molecule has 0 amide bonds. The molecule has 0 bridgehead atoms. The highest BCUT2D eigenvalue weighted by atomic mass is 35.5. The predicted molar refractivity (Wildman–Crippen MR) is 34.7 cm³/mol. The number of halogens is 4. The van der Waals surface area contributed by atoms with E-state index in [0.29, 0.717) is 0 Å². The molecule has 0 radical (unpaired) electrons. The van der Waals surface area contributed by atoms with E-state index >= 15 is 0 Å². The van der Waals surface area contributed by atoms with E-state index in [2.05, 4.69) is 23.2 Å². The molecule has 70 valence electrons. The Balaban J connectivity index is 5.01. The molecule has 0 unspecified atom stereocenters. The lowest BCUT2D eigenvalue weighted by atomic mass is 10.2. The summed E-state index contributed by atoms with van der Waals surface area (Å²) >= 11 is 9.19. The van der Waals surface area contributed by atoms with E-state index < -0.39 is 22.2 Å². The molecule has 0 heterocycles. The molecule has 12 heavy (non-hydrogen) atoms. The highest BCUT2D eigenvalue weighted by Crippen LogP contribution is 2.39. The highest BCUT2D eigenvalue weighted by Gasteiger charge is 2.63. The Hall–Kier alpha value is -0.620. The van der Waals surface area contributed by atoms with E-state index in [1.165, 1.54) is 0 Å². The summed E-state index contributed by atoms with van der Waals surface area (Å²) in [5.41, 5.74) is 0. The molecular weight excluding hydrogens is 221 g/mol. The maximum absolute atomic E-state index is 12.3. The van der Waals surface area contributed by atoms with Crippen LogP contribution in [0, 0.1) is 0 Å². The Bertz CT molecular complexity index is 203. The molecule has 0 aliphatic rings. The number of alkyl halides is 4. The molecule has 0 aromatic rings. The number of hydrogen-bond acceptors (Lipinski definition) is 2. The van der Waals surface area contributed by atoms with Gasteiger partial charge in [-0.05, 0) is 0 Å². The Labute approximate surface area is 74.7 Å². The standard InChI is InChI=1S/C4H2Cl2F2O4/c5-3(6,1(9)10)4(7,8)2(11)12/h(H,9,10)(H,11,12). The molecule has 0 spiro atoms.